The van der Waals surface area contributed by atoms with Gasteiger partial charge in [0.15, 0.2) is 0 Å². The lowest BCUT2D eigenvalue weighted by Crippen LogP contribution is -2.38. The Kier molecular flexibility index (Phi) is 12.0. The summed E-state index contributed by atoms with van der Waals surface area (Å²) < 4.78 is 9.75. The van der Waals surface area contributed by atoms with Crippen LogP contribution in [0.2, 0.25) is 0 Å². The number of esters is 1. The van der Waals surface area contributed by atoms with Crippen molar-refractivity contribution < 1.29 is 14.3 Å². The molecule has 0 saturated heterocycles. The van der Waals surface area contributed by atoms with E-state index in [4.69, 9.17) is 9.47 Å². The van der Waals surface area contributed by atoms with E-state index in [1.807, 2.05) is 11.8 Å². The van der Waals surface area contributed by atoms with E-state index in [1.165, 1.54) is 7.11 Å². The normalized spacial score (nSPS) is 12.4. The van der Waals surface area contributed by atoms with Gasteiger partial charge in [0.2, 0.25) is 0 Å². The van der Waals surface area contributed by atoms with Crippen LogP contribution in [-0.4, -0.2) is 50.9 Å². The van der Waals surface area contributed by atoms with Crippen molar-refractivity contribution in [3.8, 4) is 0 Å². The molecule has 1 N–H and O–H groups in total. The summed E-state index contributed by atoms with van der Waals surface area (Å²) >= 11 is 1.86. The Bertz CT molecular complexity index is 191. The summed E-state index contributed by atoms with van der Waals surface area (Å²) in [5.41, 5.74) is 0. The second kappa shape index (κ2) is 12.2. The smallest absolute Gasteiger partial charge is 0.322 e. The first-order chi connectivity index (χ1) is 8.26. The van der Waals surface area contributed by atoms with Gasteiger partial charge in [0.05, 0.1) is 7.11 Å². The van der Waals surface area contributed by atoms with Gasteiger partial charge in [-0.3, -0.25) is 4.79 Å². The maximum atomic E-state index is 11.5. The number of carbonyl (C=O) groups is 1. The van der Waals surface area contributed by atoms with Gasteiger partial charge in [0.1, 0.15) is 6.04 Å². The van der Waals surface area contributed by atoms with E-state index in [0.29, 0.717) is 0 Å². The summed E-state index contributed by atoms with van der Waals surface area (Å²) in [5.74, 6) is 1.89. The van der Waals surface area contributed by atoms with Gasteiger partial charge < -0.3 is 14.8 Å². The molecule has 5 heteroatoms. The van der Waals surface area contributed by atoms with Crippen LogP contribution >= 0.6 is 11.8 Å². The number of carbonyl (C=O) groups excluding carboxylic acids is 1. The first-order valence-corrected chi connectivity index (χ1v) is 7.29. The topological polar surface area (TPSA) is 47.6 Å². The Hall–Kier alpha value is -0.260. The minimum atomic E-state index is -0.158. The molecule has 0 rings (SSSR count). The lowest BCUT2D eigenvalue weighted by molar-refractivity contribution is -0.143. The summed E-state index contributed by atoms with van der Waals surface area (Å²) in [7, 11) is 3.15. The Morgan fingerprint density at radius 2 is 2.12 bits per heavy atom. The summed E-state index contributed by atoms with van der Waals surface area (Å²) in [5, 5.41) is 3.21. The van der Waals surface area contributed by atoms with Crippen molar-refractivity contribution in [3.05, 3.63) is 0 Å². The van der Waals surface area contributed by atoms with Crippen molar-refractivity contribution in [1.82, 2.24) is 5.32 Å². The molecule has 102 valence electrons. The molecular weight excluding hydrogens is 238 g/mol. The van der Waals surface area contributed by atoms with E-state index in [0.717, 1.165) is 43.9 Å². The molecule has 0 heterocycles. The van der Waals surface area contributed by atoms with Crippen LogP contribution in [0.25, 0.3) is 0 Å². The molecule has 0 aliphatic rings. The molecule has 0 aliphatic carbocycles. The highest BCUT2D eigenvalue weighted by atomic mass is 32.2. The van der Waals surface area contributed by atoms with E-state index >= 15 is 0 Å². The quantitative estimate of drug-likeness (QED) is 0.454. The van der Waals surface area contributed by atoms with Gasteiger partial charge in [-0.05, 0) is 37.3 Å². The maximum absolute atomic E-state index is 11.5. The fraction of sp³-hybridized carbons (Fsp3) is 0.917. The number of ether oxygens (including phenoxy) is 2. The molecule has 0 aromatic rings. The molecule has 0 amide bonds. The third kappa shape index (κ3) is 9.44. The van der Waals surface area contributed by atoms with Gasteiger partial charge in [-0.2, -0.15) is 11.8 Å². The highest BCUT2D eigenvalue weighted by Gasteiger charge is 2.17. The molecule has 1 unspecified atom stereocenters. The number of hydrogen-bond donors (Lipinski definition) is 1. The first-order valence-electron chi connectivity index (χ1n) is 6.14. The van der Waals surface area contributed by atoms with Crippen LogP contribution in [-0.2, 0) is 14.3 Å². The van der Waals surface area contributed by atoms with Crippen molar-refractivity contribution in [2.75, 3.05) is 38.9 Å². The van der Waals surface area contributed by atoms with Gasteiger partial charge in [0, 0.05) is 13.7 Å². The highest BCUT2D eigenvalue weighted by molar-refractivity contribution is 7.99. The molecule has 0 radical (unpaired) electrons. The number of hydrogen-bond acceptors (Lipinski definition) is 5. The molecule has 0 saturated carbocycles. The zero-order valence-electron chi connectivity index (χ0n) is 11.2. The number of rotatable bonds is 11. The highest BCUT2D eigenvalue weighted by Crippen LogP contribution is 2.07. The van der Waals surface area contributed by atoms with E-state index in [9.17, 15) is 4.79 Å². The molecular formula is C12H25NO3S. The Labute approximate surface area is 109 Å². The molecule has 4 nitrogen and oxygen atoms in total. The third-order valence-corrected chi connectivity index (χ3v) is 3.42. The van der Waals surface area contributed by atoms with Gasteiger partial charge >= 0.3 is 5.97 Å². The van der Waals surface area contributed by atoms with E-state index in [1.54, 1.807) is 7.11 Å². The summed E-state index contributed by atoms with van der Waals surface area (Å²) in [6, 6.07) is -0.158. The van der Waals surface area contributed by atoms with Crippen LogP contribution < -0.4 is 5.32 Å². The van der Waals surface area contributed by atoms with E-state index < -0.39 is 0 Å². The van der Waals surface area contributed by atoms with Crippen LogP contribution in [0.4, 0.5) is 0 Å². The van der Waals surface area contributed by atoms with E-state index in [-0.39, 0.29) is 12.0 Å². The van der Waals surface area contributed by atoms with Crippen molar-refractivity contribution in [3.63, 3.8) is 0 Å². The molecule has 0 aromatic carbocycles. The largest absolute Gasteiger partial charge is 0.468 e. The van der Waals surface area contributed by atoms with Crippen LogP contribution in [0.5, 0.6) is 0 Å². The molecule has 0 aromatic heterocycles. The first kappa shape index (κ1) is 16.7. The lowest BCUT2D eigenvalue weighted by Gasteiger charge is -2.15. The monoisotopic (exact) mass is 263 g/mol. The average Bonchev–Trinajstić information content (AvgIpc) is 2.36. The Morgan fingerprint density at radius 1 is 1.35 bits per heavy atom. The standard InChI is InChI=1S/C12H25NO3S/c1-4-7-13-11(12(14)16-3)6-10-17-9-5-8-15-2/h11,13H,4-10H2,1-3H3. The predicted octanol–water partition coefficient (Wildman–Crippen LogP) is 1.69. The van der Waals surface area contributed by atoms with Gasteiger partial charge in [-0.15, -0.1) is 0 Å². The summed E-state index contributed by atoms with van der Waals surface area (Å²) in [4.78, 5) is 11.5. The number of nitrogens with one attached hydrogen (secondary N) is 1. The molecule has 0 spiro atoms. The SMILES string of the molecule is CCCNC(CCSCCCOC)C(=O)OC. The molecule has 0 fully saturated rings. The van der Waals surface area contributed by atoms with Crippen molar-refractivity contribution >= 4 is 17.7 Å². The Balaban J connectivity index is 3.64. The van der Waals surface area contributed by atoms with Crippen LogP contribution in [0.15, 0.2) is 0 Å². The molecule has 0 bridgehead atoms. The predicted molar refractivity (Wildman–Crippen MR) is 72.5 cm³/mol. The van der Waals surface area contributed by atoms with Crippen molar-refractivity contribution in [2.24, 2.45) is 0 Å². The average molecular weight is 263 g/mol. The van der Waals surface area contributed by atoms with Crippen LogP contribution in [0.1, 0.15) is 26.2 Å². The minimum absolute atomic E-state index is 0.157. The van der Waals surface area contributed by atoms with Crippen LogP contribution in [0.3, 0.4) is 0 Å². The van der Waals surface area contributed by atoms with Crippen molar-refractivity contribution in [1.29, 1.82) is 0 Å². The lowest BCUT2D eigenvalue weighted by atomic mass is 10.2. The zero-order chi connectivity index (χ0) is 12.9. The molecule has 1 atom stereocenters. The Morgan fingerprint density at radius 3 is 2.71 bits per heavy atom. The molecule has 17 heavy (non-hydrogen) atoms. The maximum Gasteiger partial charge on any atom is 0.322 e. The van der Waals surface area contributed by atoms with Gasteiger partial charge in [-0.1, -0.05) is 6.92 Å². The van der Waals surface area contributed by atoms with E-state index in [2.05, 4.69) is 12.2 Å². The summed E-state index contributed by atoms with van der Waals surface area (Å²) in [6.07, 6.45) is 2.91. The second-order valence-electron chi connectivity index (χ2n) is 3.78. The minimum Gasteiger partial charge on any atom is -0.468 e. The number of methoxy groups -OCH3 is 2. The second-order valence-corrected chi connectivity index (χ2v) is 5.00. The third-order valence-electron chi connectivity index (χ3n) is 2.31. The fourth-order valence-corrected chi connectivity index (χ4v) is 2.30. The number of thioether (sulfide) groups is 1. The molecule has 0 aliphatic heterocycles. The van der Waals surface area contributed by atoms with Gasteiger partial charge in [-0.25, -0.2) is 0 Å². The fourth-order valence-electron chi connectivity index (χ4n) is 1.37. The van der Waals surface area contributed by atoms with Crippen molar-refractivity contribution in [2.45, 2.75) is 32.2 Å². The zero-order valence-corrected chi connectivity index (χ0v) is 12.0. The van der Waals surface area contributed by atoms with Crippen LogP contribution in [0, 0.1) is 0 Å². The summed E-state index contributed by atoms with van der Waals surface area (Å²) in [6.45, 7) is 3.75. The van der Waals surface area contributed by atoms with Gasteiger partial charge in [0.25, 0.3) is 0 Å².